The van der Waals surface area contributed by atoms with Gasteiger partial charge in [0.2, 0.25) is 0 Å². The lowest BCUT2D eigenvalue weighted by molar-refractivity contribution is -0.0167. The summed E-state index contributed by atoms with van der Waals surface area (Å²) < 4.78 is 5.50. The molecule has 1 aliphatic heterocycles. The van der Waals surface area contributed by atoms with E-state index in [-0.39, 0.29) is 12.2 Å². The highest BCUT2D eigenvalue weighted by Crippen LogP contribution is 2.00. The van der Waals surface area contributed by atoms with Crippen molar-refractivity contribution < 1.29 is 9.84 Å². The molecule has 0 aromatic heterocycles. The Kier molecular flexibility index (Phi) is 6.17. The van der Waals surface area contributed by atoms with Gasteiger partial charge in [-0.25, -0.2) is 0 Å². The number of hydrogen-bond donors (Lipinski definition) is 2. The fourth-order valence-electron chi connectivity index (χ4n) is 1.64. The molecule has 2 unspecified atom stereocenters. The van der Waals surface area contributed by atoms with Gasteiger partial charge in [0.15, 0.2) is 0 Å². The molecule has 90 valence electrons. The number of ether oxygens (including phenoxy) is 1. The molecule has 0 aromatic rings. The molecule has 2 atom stereocenters. The Labute approximate surface area is 92.6 Å². The van der Waals surface area contributed by atoms with Crippen molar-refractivity contribution in [3.05, 3.63) is 0 Å². The van der Waals surface area contributed by atoms with Crippen LogP contribution in [0.2, 0.25) is 0 Å². The second kappa shape index (κ2) is 7.17. The van der Waals surface area contributed by atoms with Gasteiger partial charge in [0.1, 0.15) is 0 Å². The predicted octanol–water partition coefficient (Wildman–Crippen LogP) is 0.0676. The van der Waals surface area contributed by atoms with E-state index >= 15 is 0 Å². The molecule has 0 saturated carbocycles. The zero-order valence-corrected chi connectivity index (χ0v) is 9.91. The molecule has 15 heavy (non-hydrogen) atoms. The van der Waals surface area contributed by atoms with Crippen LogP contribution in [0.1, 0.15) is 20.3 Å². The lowest BCUT2D eigenvalue weighted by Crippen LogP contribution is -2.47. The van der Waals surface area contributed by atoms with Gasteiger partial charge in [-0.05, 0) is 13.3 Å². The van der Waals surface area contributed by atoms with Gasteiger partial charge in [-0.3, -0.25) is 4.90 Å². The van der Waals surface area contributed by atoms with Gasteiger partial charge in [0.25, 0.3) is 0 Å². The number of nitrogens with one attached hydrogen (secondary N) is 1. The summed E-state index contributed by atoms with van der Waals surface area (Å²) in [5, 5.41) is 13.1. The van der Waals surface area contributed by atoms with E-state index in [0.717, 1.165) is 39.1 Å². The molecule has 1 saturated heterocycles. The molecule has 0 amide bonds. The van der Waals surface area contributed by atoms with E-state index in [1.165, 1.54) is 0 Å². The largest absolute Gasteiger partial charge is 0.389 e. The zero-order chi connectivity index (χ0) is 11.1. The molecule has 1 rings (SSSR count). The van der Waals surface area contributed by atoms with E-state index in [9.17, 15) is 5.11 Å². The fourth-order valence-corrected chi connectivity index (χ4v) is 1.64. The quantitative estimate of drug-likeness (QED) is 0.659. The van der Waals surface area contributed by atoms with Gasteiger partial charge in [-0.1, -0.05) is 6.92 Å². The van der Waals surface area contributed by atoms with Crippen molar-refractivity contribution in [2.75, 3.05) is 39.3 Å². The van der Waals surface area contributed by atoms with Gasteiger partial charge in [0, 0.05) is 32.7 Å². The Morgan fingerprint density at radius 2 is 2.07 bits per heavy atom. The first-order valence-corrected chi connectivity index (χ1v) is 5.95. The van der Waals surface area contributed by atoms with Crippen LogP contribution in [-0.4, -0.2) is 61.5 Å². The van der Waals surface area contributed by atoms with Gasteiger partial charge in [0.05, 0.1) is 18.8 Å². The topological polar surface area (TPSA) is 44.7 Å². The maximum Gasteiger partial charge on any atom is 0.0900 e. The molecule has 4 nitrogen and oxygen atoms in total. The highest BCUT2D eigenvalue weighted by molar-refractivity contribution is 4.70. The lowest BCUT2D eigenvalue weighted by Gasteiger charge is -2.29. The molecule has 1 aliphatic rings. The average molecular weight is 216 g/mol. The zero-order valence-electron chi connectivity index (χ0n) is 9.91. The molecular weight excluding hydrogens is 192 g/mol. The molecule has 0 aliphatic carbocycles. The van der Waals surface area contributed by atoms with Gasteiger partial charge in [-0.15, -0.1) is 0 Å². The highest BCUT2D eigenvalue weighted by Gasteiger charge is 2.14. The summed E-state index contributed by atoms with van der Waals surface area (Å²) in [6, 6.07) is 0. The van der Waals surface area contributed by atoms with E-state index in [1.807, 2.05) is 6.92 Å². The number of nitrogens with zero attached hydrogens (tertiary/aromatic N) is 1. The molecule has 4 heteroatoms. The average Bonchev–Trinajstić information content (AvgIpc) is 2.27. The summed E-state index contributed by atoms with van der Waals surface area (Å²) in [5.74, 6) is 0. The van der Waals surface area contributed by atoms with Crippen molar-refractivity contribution >= 4 is 0 Å². The van der Waals surface area contributed by atoms with Crippen molar-refractivity contribution in [2.24, 2.45) is 0 Å². The van der Waals surface area contributed by atoms with Crippen molar-refractivity contribution in [1.82, 2.24) is 10.2 Å². The molecule has 1 fully saturated rings. The first kappa shape index (κ1) is 12.9. The van der Waals surface area contributed by atoms with Crippen molar-refractivity contribution in [3.8, 4) is 0 Å². The third-order valence-corrected chi connectivity index (χ3v) is 2.83. The van der Waals surface area contributed by atoms with Crippen molar-refractivity contribution in [2.45, 2.75) is 32.5 Å². The van der Waals surface area contributed by atoms with Crippen LogP contribution < -0.4 is 5.32 Å². The van der Waals surface area contributed by atoms with Gasteiger partial charge in [-0.2, -0.15) is 0 Å². The minimum atomic E-state index is -0.350. The Balaban J connectivity index is 2.08. The van der Waals surface area contributed by atoms with E-state index in [2.05, 4.69) is 17.1 Å². The Morgan fingerprint density at radius 1 is 1.40 bits per heavy atom. The Morgan fingerprint density at radius 3 is 2.67 bits per heavy atom. The number of aliphatic hydroxyl groups excluding tert-OH is 1. The van der Waals surface area contributed by atoms with E-state index in [4.69, 9.17) is 4.74 Å². The van der Waals surface area contributed by atoms with Crippen LogP contribution in [0.5, 0.6) is 0 Å². The van der Waals surface area contributed by atoms with Crippen LogP contribution >= 0.6 is 0 Å². The fraction of sp³-hybridized carbons (Fsp3) is 1.00. The summed E-state index contributed by atoms with van der Waals surface area (Å²) in [4.78, 5) is 2.28. The van der Waals surface area contributed by atoms with Crippen LogP contribution in [-0.2, 0) is 4.74 Å². The van der Waals surface area contributed by atoms with Crippen molar-refractivity contribution in [1.29, 1.82) is 0 Å². The number of rotatable bonds is 6. The SMILES string of the molecule is CCC(C)OCC(O)CN1CCNCC1. The molecule has 0 bridgehead atoms. The number of β-amino-alcohol motifs (C(OH)–C–C–N with tert-alkyl or cyclic N) is 1. The summed E-state index contributed by atoms with van der Waals surface area (Å²) in [6.07, 6.45) is 0.903. The standard InChI is InChI=1S/C11H24N2O2/c1-3-10(2)15-9-11(14)8-13-6-4-12-5-7-13/h10-12,14H,3-9H2,1-2H3. The van der Waals surface area contributed by atoms with Crippen LogP contribution in [0.15, 0.2) is 0 Å². The first-order valence-electron chi connectivity index (χ1n) is 5.95. The summed E-state index contributed by atoms with van der Waals surface area (Å²) in [7, 11) is 0. The lowest BCUT2D eigenvalue weighted by atomic mass is 10.3. The first-order chi connectivity index (χ1) is 7.22. The molecular formula is C11H24N2O2. The highest BCUT2D eigenvalue weighted by atomic mass is 16.5. The molecule has 1 heterocycles. The normalized spacial score (nSPS) is 22.6. The predicted molar refractivity (Wildman–Crippen MR) is 61.0 cm³/mol. The molecule has 0 aromatic carbocycles. The molecule has 0 radical (unpaired) electrons. The second-order valence-corrected chi connectivity index (χ2v) is 4.26. The minimum Gasteiger partial charge on any atom is -0.389 e. The number of piperazine rings is 1. The van der Waals surface area contributed by atoms with Crippen LogP contribution in [0.3, 0.4) is 0 Å². The maximum atomic E-state index is 9.76. The van der Waals surface area contributed by atoms with Crippen molar-refractivity contribution in [3.63, 3.8) is 0 Å². The summed E-state index contributed by atoms with van der Waals surface area (Å²) in [6.45, 7) is 9.43. The molecule has 0 spiro atoms. The smallest absolute Gasteiger partial charge is 0.0900 e. The third-order valence-electron chi connectivity index (χ3n) is 2.83. The van der Waals surface area contributed by atoms with E-state index < -0.39 is 0 Å². The monoisotopic (exact) mass is 216 g/mol. The van der Waals surface area contributed by atoms with Crippen LogP contribution in [0.4, 0.5) is 0 Å². The minimum absolute atomic E-state index is 0.252. The number of aliphatic hydroxyl groups is 1. The second-order valence-electron chi connectivity index (χ2n) is 4.26. The van der Waals surface area contributed by atoms with Crippen LogP contribution in [0.25, 0.3) is 0 Å². The maximum absolute atomic E-state index is 9.76. The van der Waals surface area contributed by atoms with E-state index in [0.29, 0.717) is 6.61 Å². The van der Waals surface area contributed by atoms with E-state index in [1.54, 1.807) is 0 Å². The third kappa shape index (κ3) is 5.47. The van der Waals surface area contributed by atoms with Crippen LogP contribution in [0, 0.1) is 0 Å². The summed E-state index contributed by atoms with van der Waals surface area (Å²) >= 11 is 0. The Bertz CT molecular complexity index is 161. The molecule has 2 N–H and O–H groups in total. The Hall–Kier alpha value is -0.160. The number of hydrogen-bond acceptors (Lipinski definition) is 4. The summed E-state index contributed by atoms with van der Waals surface area (Å²) in [5.41, 5.74) is 0. The van der Waals surface area contributed by atoms with Gasteiger partial charge >= 0.3 is 0 Å². The van der Waals surface area contributed by atoms with Gasteiger partial charge < -0.3 is 15.2 Å².